The second-order valence-electron chi connectivity index (χ2n) is 4.41. The number of nitrogens with zero attached hydrogens (tertiary/aromatic N) is 1. The van der Waals surface area contributed by atoms with Crippen molar-refractivity contribution in [3.05, 3.63) is 29.8 Å². The van der Waals surface area contributed by atoms with Crippen LogP contribution in [0.5, 0.6) is 0 Å². The van der Waals surface area contributed by atoms with Gasteiger partial charge in [0.25, 0.3) is 0 Å². The first-order chi connectivity index (χ1) is 8.48. The van der Waals surface area contributed by atoms with Crippen molar-refractivity contribution in [1.82, 2.24) is 4.90 Å². The van der Waals surface area contributed by atoms with Gasteiger partial charge in [0, 0.05) is 19.5 Å². The molecule has 6 heteroatoms. The lowest BCUT2D eigenvalue weighted by Crippen LogP contribution is -2.28. The van der Waals surface area contributed by atoms with E-state index >= 15 is 0 Å². The fourth-order valence-corrected chi connectivity index (χ4v) is 3.04. The topological polar surface area (TPSA) is 77.8 Å². The molecule has 2 rings (SSSR count). The van der Waals surface area contributed by atoms with Crippen LogP contribution in [-0.2, 0) is 15.8 Å². The molecule has 0 atom stereocenters. The zero-order valence-electron chi connectivity index (χ0n) is 9.95. The molecule has 1 aliphatic heterocycles. The van der Waals surface area contributed by atoms with Crippen LogP contribution < -0.4 is 5.30 Å². The van der Waals surface area contributed by atoms with Crippen molar-refractivity contribution in [1.29, 1.82) is 0 Å². The molecule has 98 valence electrons. The van der Waals surface area contributed by atoms with Gasteiger partial charge >= 0.3 is 7.60 Å². The number of likely N-dealkylation sites (tertiary alicyclic amines) is 1. The Hall–Kier alpha value is -1.16. The van der Waals surface area contributed by atoms with E-state index in [-0.39, 0.29) is 11.2 Å². The normalized spacial score (nSPS) is 16.3. The fraction of sp³-hybridized carbons (Fsp3) is 0.417. The van der Waals surface area contributed by atoms with Gasteiger partial charge in [-0.3, -0.25) is 9.36 Å². The van der Waals surface area contributed by atoms with Crippen molar-refractivity contribution in [3.63, 3.8) is 0 Å². The first kappa shape index (κ1) is 13.3. The van der Waals surface area contributed by atoms with Gasteiger partial charge in [0.2, 0.25) is 5.91 Å². The molecular weight excluding hydrogens is 253 g/mol. The lowest BCUT2D eigenvalue weighted by atomic mass is 10.1. The molecule has 0 spiro atoms. The van der Waals surface area contributed by atoms with Crippen molar-refractivity contribution in [2.24, 2.45) is 0 Å². The van der Waals surface area contributed by atoms with Crippen LogP contribution in [0.3, 0.4) is 0 Å². The number of amides is 1. The minimum atomic E-state index is -4.24. The predicted molar refractivity (Wildman–Crippen MR) is 67.6 cm³/mol. The quantitative estimate of drug-likeness (QED) is 0.787. The molecule has 0 bridgehead atoms. The van der Waals surface area contributed by atoms with Gasteiger partial charge in [-0.25, -0.2) is 0 Å². The van der Waals surface area contributed by atoms with Crippen LogP contribution in [-0.4, -0.2) is 33.7 Å². The van der Waals surface area contributed by atoms with Crippen LogP contribution in [0.4, 0.5) is 0 Å². The minimum Gasteiger partial charge on any atom is -0.342 e. The Bertz CT molecular complexity index is 497. The van der Waals surface area contributed by atoms with E-state index in [9.17, 15) is 19.1 Å². The number of rotatable bonds is 4. The monoisotopic (exact) mass is 269 g/mol. The zero-order valence-corrected chi connectivity index (χ0v) is 10.8. The van der Waals surface area contributed by atoms with Gasteiger partial charge in [-0.1, -0.05) is 18.2 Å². The third kappa shape index (κ3) is 2.99. The highest BCUT2D eigenvalue weighted by atomic mass is 31.2. The molecule has 1 amide bonds. The Balaban J connectivity index is 2.10. The summed E-state index contributed by atoms with van der Waals surface area (Å²) in [6, 6.07) is 6.51. The molecule has 1 saturated heterocycles. The summed E-state index contributed by atoms with van der Waals surface area (Å²) in [5.74, 6) is 0.128. The Morgan fingerprint density at radius 2 is 2.00 bits per heavy atom. The van der Waals surface area contributed by atoms with Crippen LogP contribution in [0.1, 0.15) is 18.4 Å². The maximum absolute atomic E-state index is 11.4. The van der Waals surface area contributed by atoms with Gasteiger partial charge in [-0.05, 0) is 24.5 Å². The van der Waals surface area contributed by atoms with E-state index in [4.69, 9.17) is 0 Å². The molecule has 0 aliphatic carbocycles. The third-order valence-electron chi connectivity index (χ3n) is 3.13. The first-order valence-electron chi connectivity index (χ1n) is 5.90. The summed E-state index contributed by atoms with van der Waals surface area (Å²) in [6.45, 7) is 1.27. The van der Waals surface area contributed by atoms with Crippen molar-refractivity contribution < 1.29 is 19.1 Å². The van der Waals surface area contributed by atoms with Crippen molar-refractivity contribution >= 4 is 18.8 Å². The van der Waals surface area contributed by atoms with Gasteiger partial charge < -0.3 is 14.7 Å². The molecule has 0 saturated carbocycles. The highest BCUT2D eigenvalue weighted by Crippen LogP contribution is 2.34. The summed E-state index contributed by atoms with van der Waals surface area (Å²) in [4.78, 5) is 31.7. The van der Waals surface area contributed by atoms with E-state index in [1.54, 1.807) is 23.1 Å². The lowest BCUT2D eigenvalue weighted by Gasteiger charge is -2.17. The van der Waals surface area contributed by atoms with E-state index in [1.807, 2.05) is 0 Å². The molecule has 2 N–H and O–H groups in total. The third-order valence-corrected chi connectivity index (χ3v) is 4.19. The van der Waals surface area contributed by atoms with E-state index in [1.165, 1.54) is 6.07 Å². The Morgan fingerprint density at radius 3 is 2.61 bits per heavy atom. The molecular formula is C12H16NO4P. The zero-order chi connectivity index (χ0) is 13.2. The second kappa shape index (κ2) is 5.22. The summed E-state index contributed by atoms with van der Waals surface area (Å²) in [5.41, 5.74) is 0.616. The summed E-state index contributed by atoms with van der Waals surface area (Å²) < 4.78 is 11.3. The smallest absolute Gasteiger partial charge is 0.342 e. The van der Waals surface area contributed by atoms with Crippen molar-refractivity contribution in [2.45, 2.75) is 19.3 Å². The van der Waals surface area contributed by atoms with Crippen LogP contribution in [0.15, 0.2) is 24.3 Å². The van der Waals surface area contributed by atoms with Crippen LogP contribution in [0.2, 0.25) is 0 Å². The Kier molecular flexibility index (Phi) is 3.85. The molecule has 5 nitrogen and oxygen atoms in total. The maximum Gasteiger partial charge on any atom is 0.356 e. The number of benzene rings is 1. The number of carbonyl (C=O) groups excluding carboxylic acids is 1. The number of hydrogen-bond donors (Lipinski definition) is 2. The molecule has 18 heavy (non-hydrogen) atoms. The van der Waals surface area contributed by atoms with E-state index in [0.717, 1.165) is 13.0 Å². The van der Waals surface area contributed by atoms with Gasteiger partial charge in [0.05, 0.1) is 5.30 Å². The lowest BCUT2D eigenvalue weighted by molar-refractivity contribution is -0.127. The van der Waals surface area contributed by atoms with Crippen molar-refractivity contribution in [2.75, 3.05) is 13.1 Å². The molecule has 0 unspecified atom stereocenters. The predicted octanol–water partition coefficient (Wildman–Crippen LogP) is 0.654. The van der Waals surface area contributed by atoms with Crippen molar-refractivity contribution in [3.8, 4) is 0 Å². The van der Waals surface area contributed by atoms with E-state index < -0.39 is 7.60 Å². The highest BCUT2D eigenvalue weighted by molar-refractivity contribution is 7.60. The summed E-state index contributed by atoms with van der Waals surface area (Å²) in [7, 11) is -4.24. The maximum atomic E-state index is 11.4. The standard InChI is InChI=1S/C12H16NO4P/c14-12-6-3-8-13(12)9-7-10-4-1-2-5-11(10)18(15,16)17/h1-2,4-5H,3,6-9H2,(H2,15,16,17). The first-order valence-corrected chi connectivity index (χ1v) is 7.51. The fourth-order valence-electron chi connectivity index (χ4n) is 2.20. The molecule has 0 aromatic heterocycles. The second-order valence-corrected chi connectivity index (χ2v) is 5.98. The van der Waals surface area contributed by atoms with Gasteiger partial charge in [-0.15, -0.1) is 0 Å². The van der Waals surface area contributed by atoms with Crippen LogP contribution in [0.25, 0.3) is 0 Å². The van der Waals surface area contributed by atoms with Crippen LogP contribution in [0, 0.1) is 0 Å². The number of carbonyl (C=O) groups is 1. The van der Waals surface area contributed by atoms with Gasteiger partial charge in [0.1, 0.15) is 0 Å². The highest BCUT2D eigenvalue weighted by Gasteiger charge is 2.23. The SMILES string of the molecule is O=C1CCCN1CCc1ccccc1P(=O)(O)O. The molecule has 0 radical (unpaired) electrons. The molecule has 1 aliphatic rings. The average molecular weight is 269 g/mol. The minimum absolute atomic E-state index is 0.0663. The molecule has 1 fully saturated rings. The Labute approximate surface area is 106 Å². The number of hydrogen-bond acceptors (Lipinski definition) is 2. The van der Waals surface area contributed by atoms with Gasteiger partial charge in [-0.2, -0.15) is 0 Å². The summed E-state index contributed by atoms with van der Waals surface area (Å²) in [6.07, 6.45) is 1.94. The van der Waals surface area contributed by atoms with E-state index in [0.29, 0.717) is 24.9 Å². The van der Waals surface area contributed by atoms with Gasteiger partial charge in [0.15, 0.2) is 0 Å². The molecule has 1 heterocycles. The summed E-state index contributed by atoms with van der Waals surface area (Å²) in [5, 5.41) is 0.0663. The Morgan fingerprint density at radius 1 is 1.28 bits per heavy atom. The molecule has 1 aromatic rings. The largest absolute Gasteiger partial charge is 0.356 e. The molecule has 1 aromatic carbocycles. The summed E-state index contributed by atoms with van der Waals surface area (Å²) >= 11 is 0. The van der Waals surface area contributed by atoms with Crippen LogP contribution >= 0.6 is 7.60 Å². The van der Waals surface area contributed by atoms with E-state index in [2.05, 4.69) is 0 Å². The average Bonchev–Trinajstić information content (AvgIpc) is 2.71.